The number of hydrogen-bond acceptors (Lipinski definition) is 3. The minimum Gasteiger partial charge on any atom is -0.249 e. The number of pyridine rings is 1. The number of benzene rings is 1. The molecule has 20 heavy (non-hydrogen) atoms. The SMILES string of the molecule is N#Cc1ccc(Cn2nc3c(Cl)cccn3c2=O)cc1. The lowest BCUT2D eigenvalue weighted by Crippen LogP contribution is -2.21. The molecule has 0 saturated heterocycles. The molecule has 98 valence electrons. The van der Waals surface area contributed by atoms with Crippen molar-refractivity contribution in [3.05, 3.63) is 69.2 Å². The quantitative estimate of drug-likeness (QED) is 0.724. The van der Waals surface area contributed by atoms with E-state index in [-0.39, 0.29) is 5.69 Å². The summed E-state index contributed by atoms with van der Waals surface area (Å²) in [5, 5.41) is 13.4. The van der Waals surface area contributed by atoms with Gasteiger partial charge in [-0.1, -0.05) is 23.7 Å². The first-order valence-corrected chi connectivity index (χ1v) is 6.29. The zero-order valence-electron chi connectivity index (χ0n) is 10.3. The fourth-order valence-electron chi connectivity index (χ4n) is 1.97. The topological polar surface area (TPSA) is 63.1 Å². The van der Waals surface area contributed by atoms with Crippen LogP contribution >= 0.6 is 11.6 Å². The van der Waals surface area contributed by atoms with Gasteiger partial charge < -0.3 is 0 Å². The van der Waals surface area contributed by atoms with Crippen LogP contribution in [0.25, 0.3) is 5.65 Å². The molecule has 0 radical (unpaired) electrons. The van der Waals surface area contributed by atoms with Gasteiger partial charge >= 0.3 is 5.69 Å². The van der Waals surface area contributed by atoms with Gasteiger partial charge in [-0.3, -0.25) is 0 Å². The lowest BCUT2D eigenvalue weighted by Gasteiger charge is -1.99. The molecule has 0 atom stereocenters. The second-order valence-corrected chi connectivity index (χ2v) is 4.71. The van der Waals surface area contributed by atoms with Crippen molar-refractivity contribution in [2.75, 3.05) is 0 Å². The van der Waals surface area contributed by atoms with E-state index in [2.05, 4.69) is 11.2 Å². The highest BCUT2D eigenvalue weighted by atomic mass is 35.5. The third-order valence-corrected chi connectivity index (χ3v) is 3.27. The Labute approximate surface area is 119 Å². The number of hydrogen-bond donors (Lipinski definition) is 0. The van der Waals surface area contributed by atoms with Gasteiger partial charge in [-0.2, -0.15) is 5.26 Å². The number of nitrogens with zero attached hydrogens (tertiary/aromatic N) is 4. The third-order valence-electron chi connectivity index (χ3n) is 2.98. The summed E-state index contributed by atoms with van der Waals surface area (Å²) in [6.07, 6.45) is 1.63. The van der Waals surface area contributed by atoms with Gasteiger partial charge in [-0.25, -0.2) is 13.9 Å². The highest BCUT2D eigenvalue weighted by molar-refractivity contribution is 6.33. The van der Waals surface area contributed by atoms with Crippen LogP contribution < -0.4 is 5.69 Å². The maximum atomic E-state index is 12.2. The summed E-state index contributed by atoms with van der Waals surface area (Å²) in [6, 6.07) is 12.5. The molecule has 2 aromatic heterocycles. The summed E-state index contributed by atoms with van der Waals surface area (Å²) < 4.78 is 2.76. The summed E-state index contributed by atoms with van der Waals surface area (Å²) in [4.78, 5) is 12.2. The summed E-state index contributed by atoms with van der Waals surface area (Å²) in [7, 11) is 0. The highest BCUT2D eigenvalue weighted by Gasteiger charge is 2.09. The standard InChI is InChI=1S/C14H9ClN4O/c15-12-2-1-7-18-13(12)17-19(14(18)20)9-11-5-3-10(8-16)4-6-11/h1-7H,9H2. The molecule has 0 amide bonds. The van der Waals surface area contributed by atoms with Crippen molar-refractivity contribution in [3.8, 4) is 6.07 Å². The van der Waals surface area contributed by atoms with E-state index in [0.717, 1.165) is 5.56 Å². The van der Waals surface area contributed by atoms with Crippen LogP contribution in [0.5, 0.6) is 0 Å². The second-order valence-electron chi connectivity index (χ2n) is 4.30. The molecule has 0 unspecified atom stereocenters. The number of fused-ring (bicyclic) bond motifs is 1. The molecule has 0 spiro atoms. The fourth-order valence-corrected chi connectivity index (χ4v) is 2.17. The molecule has 0 fully saturated rings. The van der Waals surface area contributed by atoms with Crippen molar-refractivity contribution in [1.82, 2.24) is 14.2 Å². The van der Waals surface area contributed by atoms with E-state index < -0.39 is 0 Å². The molecule has 1 aromatic carbocycles. The van der Waals surface area contributed by atoms with Crippen molar-refractivity contribution >= 4 is 17.2 Å². The van der Waals surface area contributed by atoms with E-state index in [4.69, 9.17) is 16.9 Å². The summed E-state index contributed by atoms with van der Waals surface area (Å²) >= 11 is 6.01. The maximum Gasteiger partial charge on any atom is 0.350 e. The molecular formula is C14H9ClN4O. The minimum absolute atomic E-state index is 0.244. The molecule has 2 heterocycles. The van der Waals surface area contributed by atoms with E-state index in [1.165, 1.54) is 9.08 Å². The Morgan fingerprint density at radius 2 is 2.00 bits per heavy atom. The molecule has 0 aliphatic carbocycles. The number of halogens is 1. The first kappa shape index (κ1) is 12.5. The van der Waals surface area contributed by atoms with E-state index in [9.17, 15) is 4.79 Å². The molecule has 3 rings (SSSR count). The zero-order valence-corrected chi connectivity index (χ0v) is 11.1. The van der Waals surface area contributed by atoms with E-state index in [1.54, 1.807) is 42.6 Å². The Morgan fingerprint density at radius 3 is 2.65 bits per heavy atom. The van der Waals surface area contributed by atoms with Crippen LogP contribution in [-0.2, 0) is 6.54 Å². The van der Waals surface area contributed by atoms with E-state index in [1.807, 2.05) is 0 Å². The van der Waals surface area contributed by atoms with Crippen LogP contribution in [0.2, 0.25) is 5.02 Å². The van der Waals surface area contributed by atoms with Gasteiger partial charge in [0.1, 0.15) is 0 Å². The molecule has 5 nitrogen and oxygen atoms in total. The monoisotopic (exact) mass is 284 g/mol. The Hall–Kier alpha value is -2.58. The predicted octanol–water partition coefficient (Wildman–Crippen LogP) is 2.07. The number of rotatable bonds is 2. The van der Waals surface area contributed by atoms with Crippen LogP contribution in [-0.4, -0.2) is 14.2 Å². The summed E-state index contributed by atoms with van der Waals surface area (Å²) in [5.74, 6) is 0. The van der Waals surface area contributed by atoms with Crippen LogP contribution in [0.15, 0.2) is 47.4 Å². The summed E-state index contributed by atoms with van der Waals surface area (Å²) in [6.45, 7) is 0.336. The van der Waals surface area contributed by atoms with Gasteiger partial charge in [0.25, 0.3) is 0 Å². The van der Waals surface area contributed by atoms with Gasteiger partial charge in [-0.15, -0.1) is 5.10 Å². The van der Waals surface area contributed by atoms with Gasteiger partial charge in [0.15, 0.2) is 5.65 Å². The van der Waals surface area contributed by atoms with Crippen LogP contribution in [0.1, 0.15) is 11.1 Å². The molecule has 0 aliphatic heterocycles. The molecule has 0 N–H and O–H groups in total. The molecule has 6 heteroatoms. The summed E-state index contributed by atoms with van der Waals surface area (Å²) in [5.41, 5.74) is 1.67. The fraction of sp³-hybridized carbons (Fsp3) is 0.0714. The second kappa shape index (κ2) is 4.83. The largest absolute Gasteiger partial charge is 0.350 e. The Kier molecular flexibility index (Phi) is 3.01. The van der Waals surface area contributed by atoms with E-state index in [0.29, 0.717) is 22.8 Å². The van der Waals surface area contributed by atoms with Crippen molar-refractivity contribution in [3.63, 3.8) is 0 Å². The Bertz CT molecular complexity index is 871. The first-order chi connectivity index (χ1) is 9.69. The van der Waals surface area contributed by atoms with Gasteiger partial charge in [0.05, 0.1) is 23.2 Å². The molecule has 0 bridgehead atoms. The minimum atomic E-state index is -0.244. The van der Waals surface area contributed by atoms with Crippen LogP contribution in [0.4, 0.5) is 0 Å². The number of aromatic nitrogens is 3. The van der Waals surface area contributed by atoms with Crippen LogP contribution in [0, 0.1) is 11.3 Å². The number of nitriles is 1. The highest BCUT2D eigenvalue weighted by Crippen LogP contribution is 2.13. The maximum absolute atomic E-state index is 12.2. The first-order valence-electron chi connectivity index (χ1n) is 5.92. The van der Waals surface area contributed by atoms with Crippen molar-refractivity contribution in [2.24, 2.45) is 0 Å². The normalized spacial score (nSPS) is 10.6. The molecular weight excluding hydrogens is 276 g/mol. The molecule has 0 aliphatic rings. The van der Waals surface area contributed by atoms with E-state index >= 15 is 0 Å². The molecule has 3 aromatic rings. The Balaban J connectivity index is 2.02. The van der Waals surface area contributed by atoms with Gasteiger partial charge in [-0.05, 0) is 29.8 Å². The third kappa shape index (κ3) is 2.06. The van der Waals surface area contributed by atoms with Crippen molar-refractivity contribution in [2.45, 2.75) is 6.54 Å². The lowest BCUT2D eigenvalue weighted by atomic mass is 10.1. The predicted molar refractivity (Wildman–Crippen MR) is 74.7 cm³/mol. The molecule has 0 saturated carbocycles. The van der Waals surface area contributed by atoms with Crippen LogP contribution in [0.3, 0.4) is 0 Å². The van der Waals surface area contributed by atoms with Crippen molar-refractivity contribution in [1.29, 1.82) is 5.26 Å². The smallest absolute Gasteiger partial charge is 0.249 e. The zero-order chi connectivity index (χ0) is 14.1. The van der Waals surface area contributed by atoms with Gasteiger partial charge in [0, 0.05) is 6.20 Å². The Morgan fingerprint density at radius 1 is 1.25 bits per heavy atom. The van der Waals surface area contributed by atoms with Crippen molar-refractivity contribution < 1.29 is 0 Å². The van der Waals surface area contributed by atoms with Gasteiger partial charge in [0.2, 0.25) is 0 Å². The average Bonchev–Trinajstić information content (AvgIpc) is 2.79. The average molecular weight is 285 g/mol. The lowest BCUT2D eigenvalue weighted by molar-refractivity contribution is 0.658.